The van der Waals surface area contributed by atoms with E-state index in [-0.39, 0.29) is 29.3 Å². The number of carbonyl (C=O) groups is 6. The maximum absolute atomic E-state index is 12.5. The molecule has 564 valence electrons. The Labute approximate surface area is 622 Å². The third-order valence-electron chi connectivity index (χ3n) is 18.9. The fourth-order valence-corrected chi connectivity index (χ4v) is 13.0. The normalized spacial score (nSPS) is 16.4. The van der Waals surface area contributed by atoms with E-state index in [9.17, 15) is 33.9 Å². The number of fused-ring (bicyclic) bond motifs is 3. The summed E-state index contributed by atoms with van der Waals surface area (Å²) in [6.45, 7) is 22.6. The molecule has 6 aromatic carbocycles. The predicted octanol–water partition coefficient (Wildman–Crippen LogP) is 15.1. The van der Waals surface area contributed by atoms with E-state index in [1.165, 1.54) is 88.5 Å². The molecule has 3 saturated heterocycles. The van der Waals surface area contributed by atoms with Crippen LogP contribution in [0.2, 0.25) is 0 Å². The minimum absolute atomic E-state index is 0.255. The minimum Gasteiger partial charge on any atom is -0.482 e. The third kappa shape index (κ3) is 26.1. The van der Waals surface area contributed by atoms with E-state index in [0.717, 1.165) is 76.7 Å². The highest BCUT2D eigenvalue weighted by atomic mass is 16.6. The van der Waals surface area contributed by atoms with Crippen molar-refractivity contribution in [2.24, 2.45) is 11.8 Å². The van der Waals surface area contributed by atoms with Crippen LogP contribution in [0.15, 0.2) is 158 Å². The summed E-state index contributed by atoms with van der Waals surface area (Å²) < 4.78 is 24.0. The van der Waals surface area contributed by atoms with Gasteiger partial charge in [-0.15, -0.1) is 0 Å². The summed E-state index contributed by atoms with van der Waals surface area (Å²) in [5, 5.41) is 47.5. The molecule has 0 radical (unpaired) electrons. The quantitative estimate of drug-likeness (QED) is 0.0357. The van der Waals surface area contributed by atoms with E-state index in [0.29, 0.717) is 80.2 Å². The number of hydrogen-bond donors (Lipinski definition) is 6. The number of Topliss-reactive ketones (excluding diaryl/α,β-unsaturated/α-hetero) is 3. The molecule has 6 aromatic rings. The molecule has 0 aromatic heterocycles. The van der Waals surface area contributed by atoms with Crippen LogP contribution >= 0.6 is 0 Å². The molecule has 0 atom stereocenters. The molecular weight excluding hydrogens is 1330 g/mol. The Hall–Kier alpha value is -8.72. The molecule has 6 N–H and O–H groups in total. The maximum atomic E-state index is 12.5. The summed E-state index contributed by atoms with van der Waals surface area (Å²) in [5.74, 6) is 1.84. The average molecular weight is 1440 g/mol. The van der Waals surface area contributed by atoms with Crippen LogP contribution in [0.4, 0.5) is 9.59 Å². The highest BCUT2D eigenvalue weighted by Crippen LogP contribution is 2.45. The Bertz CT molecular complexity index is 3820. The van der Waals surface area contributed by atoms with E-state index in [2.05, 4.69) is 62.5 Å². The number of carbonyl (C=O) groups excluding carboxylic acids is 5. The number of amides is 2. The van der Waals surface area contributed by atoms with Crippen molar-refractivity contribution in [3.63, 3.8) is 0 Å². The lowest BCUT2D eigenvalue weighted by Crippen LogP contribution is -2.50. The number of ether oxygens (including phenoxy) is 4. The Balaban J connectivity index is 0.000000192. The van der Waals surface area contributed by atoms with Gasteiger partial charge in [0.15, 0.2) is 11.6 Å². The zero-order chi connectivity index (χ0) is 76.3. The Morgan fingerprint density at radius 2 is 0.933 bits per heavy atom. The van der Waals surface area contributed by atoms with Gasteiger partial charge in [0.05, 0.1) is 5.56 Å². The molecular formula is C86H112BN3O15. The van der Waals surface area contributed by atoms with Crippen molar-refractivity contribution in [3.05, 3.63) is 208 Å². The molecule has 2 spiro atoms. The van der Waals surface area contributed by atoms with Crippen LogP contribution in [0.1, 0.15) is 224 Å². The standard InChI is InChI=1S/C26H29NO5.C25H27NO5.C9H10.C8H9BO4.C8H16.C7H13NO.C3H8/c1-25(2,3)32-24(30)27-14-12-26(13-15-27)16-21(20-6-4-5-7-23(20)31-26)18-8-10-19(11-9-18)22(29)17-28;1-24(2,3)31-23(29)26-14-12-25(13-15-26)16-20(19-6-4-5-7-21(19)30-25)17-8-10-18(11-9-17)22(27)28;1-2-5-9-7-3-6-8(9)4-1;10-5-8(11)6-1-3-7(4-2-6)9(12)13;1-2-3-4-5-8-6-7-8;1-6(9)7-2-4-8-5-3-7;1-3-2/h4-11,16,28H,12-15,17H2,1-3H3;4-11,16H,12-15H2,1-3H3,(H,27,28);1-2,4-5H,3,6-7H2;1-4,10,12-13H,5H2;8H,2-7H2,1H3;7-8H,2-5H2,1H3;3H2,1-2H3. The van der Waals surface area contributed by atoms with Crippen molar-refractivity contribution < 1.29 is 73.1 Å². The monoisotopic (exact) mass is 1440 g/mol. The fraction of sp³-hybridized carbons (Fsp3) is 0.465. The molecule has 19 heteroatoms. The molecule has 5 aliphatic heterocycles. The minimum atomic E-state index is -1.53. The molecule has 4 fully saturated rings. The number of unbranched alkanes of at least 4 members (excludes halogenated alkanes) is 2. The highest BCUT2D eigenvalue weighted by Gasteiger charge is 2.43. The van der Waals surface area contributed by atoms with E-state index in [1.54, 1.807) is 52.1 Å². The summed E-state index contributed by atoms with van der Waals surface area (Å²) in [7, 11) is -1.53. The van der Waals surface area contributed by atoms with Crippen LogP contribution in [0.5, 0.6) is 11.5 Å². The molecule has 5 heterocycles. The van der Waals surface area contributed by atoms with Crippen molar-refractivity contribution in [2.75, 3.05) is 52.5 Å². The van der Waals surface area contributed by atoms with Gasteiger partial charge in [0.2, 0.25) is 0 Å². The molecule has 0 unspecified atom stereocenters. The number of carboxylic acid groups (broad SMARTS) is 1. The van der Waals surface area contributed by atoms with Crippen molar-refractivity contribution in [1.29, 1.82) is 0 Å². The number of hydrogen-bond acceptors (Lipinski definition) is 15. The Morgan fingerprint density at radius 1 is 0.543 bits per heavy atom. The molecule has 1 saturated carbocycles. The Morgan fingerprint density at radius 3 is 1.29 bits per heavy atom. The number of nitrogens with one attached hydrogen (secondary N) is 1. The zero-order valence-electron chi connectivity index (χ0n) is 63.4. The number of aromatic carboxylic acids is 1. The maximum Gasteiger partial charge on any atom is 0.488 e. The van der Waals surface area contributed by atoms with Gasteiger partial charge in [-0.1, -0.05) is 187 Å². The van der Waals surface area contributed by atoms with Crippen molar-refractivity contribution in [2.45, 2.75) is 194 Å². The topological polar surface area (TPSA) is 259 Å². The van der Waals surface area contributed by atoms with Gasteiger partial charge in [0.25, 0.3) is 0 Å². The van der Waals surface area contributed by atoms with E-state index in [4.69, 9.17) is 39.2 Å². The number of aryl methyl sites for hydroxylation is 2. The number of aliphatic hydroxyl groups is 2. The van der Waals surface area contributed by atoms with Gasteiger partial charge in [0, 0.05) is 80.0 Å². The molecule has 13 rings (SSSR count). The first-order valence-corrected chi connectivity index (χ1v) is 37.6. The lowest BCUT2D eigenvalue weighted by atomic mass is 9.80. The van der Waals surface area contributed by atoms with Gasteiger partial charge in [0.1, 0.15) is 52.9 Å². The van der Waals surface area contributed by atoms with Crippen LogP contribution in [-0.2, 0) is 27.1 Å². The second kappa shape index (κ2) is 40.1. The van der Waals surface area contributed by atoms with Crippen molar-refractivity contribution in [3.8, 4) is 11.5 Å². The first-order chi connectivity index (χ1) is 50.1. The summed E-state index contributed by atoms with van der Waals surface area (Å²) in [6.07, 6.45) is 22.5. The van der Waals surface area contributed by atoms with Gasteiger partial charge < -0.3 is 59.4 Å². The first-order valence-electron chi connectivity index (χ1n) is 37.6. The number of rotatable bonds is 13. The van der Waals surface area contributed by atoms with Gasteiger partial charge in [-0.25, -0.2) is 14.4 Å². The highest BCUT2D eigenvalue weighted by molar-refractivity contribution is 6.58. The smallest absolute Gasteiger partial charge is 0.482 e. The average Bonchev–Trinajstić information content (AvgIpc) is 1.48. The lowest BCUT2D eigenvalue weighted by molar-refractivity contribution is -0.121. The second-order valence-electron chi connectivity index (χ2n) is 29.9. The number of piperidine rings is 3. The van der Waals surface area contributed by atoms with Crippen molar-refractivity contribution >= 4 is 59.2 Å². The molecule has 2 amide bonds. The number of benzene rings is 6. The number of likely N-dealkylation sites (tertiary alicyclic amines) is 2. The van der Waals surface area contributed by atoms with Crippen LogP contribution in [-0.4, -0.2) is 153 Å². The van der Waals surface area contributed by atoms with Crippen LogP contribution in [0, 0.1) is 11.8 Å². The van der Waals surface area contributed by atoms with Gasteiger partial charge >= 0.3 is 25.3 Å². The predicted molar refractivity (Wildman–Crippen MR) is 414 cm³/mol. The van der Waals surface area contributed by atoms with E-state index >= 15 is 0 Å². The molecule has 105 heavy (non-hydrogen) atoms. The summed E-state index contributed by atoms with van der Waals surface area (Å²) in [4.78, 5) is 73.1. The van der Waals surface area contributed by atoms with Gasteiger partial charge in [-0.05, 0) is 175 Å². The number of aliphatic hydroxyl groups excluding tert-OH is 2. The number of nitrogens with zero attached hydrogens (tertiary/aromatic N) is 2. The lowest BCUT2D eigenvalue weighted by Gasteiger charge is -2.43. The Kier molecular flexibility index (Phi) is 31.9. The van der Waals surface area contributed by atoms with Crippen LogP contribution in [0.25, 0.3) is 11.1 Å². The van der Waals surface area contributed by atoms with Crippen molar-refractivity contribution in [1.82, 2.24) is 15.1 Å². The zero-order valence-corrected chi connectivity index (χ0v) is 63.4. The molecule has 7 aliphatic rings. The fourth-order valence-electron chi connectivity index (χ4n) is 13.0. The molecule has 0 bridgehead atoms. The summed E-state index contributed by atoms with van der Waals surface area (Å²) in [5.41, 5.74) is 8.41. The van der Waals surface area contributed by atoms with E-state index in [1.807, 2.05) is 114 Å². The van der Waals surface area contributed by atoms with Gasteiger partial charge in [-0.2, -0.15) is 0 Å². The van der Waals surface area contributed by atoms with Crippen LogP contribution < -0.4 is 20.3 Å². The molecule has 18 nitrogen and oxygen atoms in total. The summed E-state index contributed by atoms with van der Waals surface area (Å²) in [6, 6.07) is 44.4. The first kappa shape index (κ1) is 83.6. The third-order valence-corrected chi connectivity index (χ3v) is 18.9. The van der Waals surface area contributed by atoms with Crippen LogP contribution in [0.3, 0.4) is 0 Å². The number of para-hydroxylation sites is 2. The van der Waals surface area contributed by atoms with E-state index < -0.39 is 48.7 Å². The second-order valence-corrected chi connectivity index (χ2v) is 29.9. The molecule has 2 aliphatic carbocycles. The van der Waals surface area contributed by atoms with Gasteiger partial charge in [-0.3, -0.25) is 14.4 Å². The summed E-state index contributed by atoms with van der Waals surface area (Å²) >= 11 is 0. The number of ketones is 3. The number of carboxylic acids is 1. The SMILES string of the molecule is CC(=O)C1CCNCC1.CC(C)(C)OC(=O)N1CCC2(C=C(c3ccc(C(=O)CO)cc3)c3ccccc3O2)CC1.CC(C)(C)OC(=O)N1CCC2(C=C(c3ccc(C(=O)O)cc3)c3ccccc3O2)CC1.CCC.CCCCCC1CC1.O=C(CO)c1ccc(B(O)O)cc1.c1ccc2c(c1)CCC2. The largest absolute Gasteiger partial charge is 0.488 e.